The Kier molecular flexibility index (Phi) is 3.97. The Bertz CT molecular complexity index is 1000. The fourth-order valence-corrected chi connectivity index (χ4v) is 5.36. The summed E-state index contributed by atoms with van der Waals surface area (Å²) in [5.74, 6) is -1.19. The Labute approximate surface area is 170 Å². The first-order valence-electron chi connectivity index (χ1n) is 9.36. The zero-order valence-corrected chi connectivity index (χ0v) is 16.7. The lowest BCUT2D eigenvalue weighted by Crippen LogP contribution is -2.75. The molecular weight excluding hydrogens is 394 g/mol. The number of pyridine rings is 1. The van der Waals surface area contributed by atoms with Gasteiger partial charge in [-0.15, -0.1) is 11.3 Å². The highest BCUT2D eigenvalue weighted by molar-refractivity contribution is 7.07. The van der Waals surface area contributed by atoms with Crippen molar-refractivity contribution in [2.45, 2.75) is 38.5 Å². The van der Waals surface area contributed by atoms with E-state index in [0.717, 1.165) is 16.9 Å². The number of nitrogens with zero attached hydrogens (tertiary/aromatic N) is 3. The molecule has 2 N–H and O–H groups in total. The van der Waals surface area contributed by atoms with Crippen LogP contribution in [0, 0.1) is 5.41 Å². The van der Waals surface area contributed by atoms with Crippen LogP contribution in [0.2, 0.25) is 0 Å². The highest BCUT2D eigenvalue weighted by atomic mass is 32.1. The number of aromatic nitrogens is 2. The van der Waals surface area contributed by atoms with Crippen LogP contribution in [0.3, 0.4) is 0 Å². The molecule has 3 aliphatic rings. The third-order valence-corrected chi connectivity index (χ3v) is 6.48. The Morgan fingerprint density at radius 3 is 2.62 bits per heavy atom. The molecule has 2 aromatic rings. The van der Waals surface area contributed by atoms with Gasteiger partial charge in [-0.25, -0.2) is 9.78 Å². The van der Waals surface area contributed by atoms with Gasteiger partial charge in [0.05, 0.1) is 47.0 Å². The summed E-state index contributed by atoms with van der Waals surface area (Å²) in [6, 6.07) is 0.536. The van der Waals surface area contributed by atoms with Gasteiger partial charge >= 0.3 is 6.03 Å². The van der Waals surface area contributed by atoms with E-state index in [1.165, 1.54) is 11.3 Å². The van der Waals surface area contributed by atoms with Crippen LogP contribution >= 0.6 is 11.3 Å². The molecule has 150 valence electrons. The summed E-state index contributed by atoms with van der Waals surface area (Å²) in [6.07, 6.45) is 1.45. The van der Waals surface area contributed by atoms with Crippen LogP contribution < -0.4 is 15.5 Å². The van der Waals surface area contributed by atoms with Crippen molar-refractivity contribution in [3.8, 4) is 11.4 Å². The van der Waals surface area contributed by atoms with Crippen molar-refractivity contribution in [2.24, 2.45) is 5.41 Å². The van der Waals surface area contributed by atoms with Gasteiger partial charge in [0.1, 0.15) is 0 Å². The number of carbonyl (C=O) groups excluding carboxylic acids is 3. The molecule has 5 rings (SSSR count). The van der Waals surface area contributed by atoms with Crippen molar-refractivity contribution in [3.63, 3.8) is 0 Å². The second-order valence-electron chi connectivity index (χ2n) is 7.71. The summed E-state index contributed by atoms with van der Waals surface area (Å²) in [7, 11) is 0. The van der Waals surface area contributed by atoms with E-state index in [-0.39, 0.29) is 12.5 Å². The molecule has 2 saturated heterocycles. The molecule has 4 amide bonds. The van der Waals surface area contributed by atoms with Crippen LogP contribution in [0.15, 0.2) is 23.2 Å². The van der Waals surface area contributed by atoms with E-state index >= 15 is 0 Å². The lowest BCUT2D eigenvalue weighted by Gasteiger charge is -2.55. The van der Waals surface area contributed by atoms with E-state index in [1.807, 2.05) is 30.2 Å². The van der Waals surface area contributed by atoms with Crippen molar-refractivity contribution in [3.05, 3.63) is 28.7 Å². The van der Waals surface area contributed by atoms with E-state index < -0.39 is 35.4 Å². The molecule has 0 saturated carbocycles. The van der Waals surface area contributed by atoms with Crippen LogP contribution in [0.25, 0.3) is 11.4 Å². The van der Waals surface area contributed by atoms with Gasteiger partial charge in [-0.05, 0) is 25.5 Å². The summed E-state index contributed by atoms with van der Waals surface area (Å²) in [6.45, 7) is 4.32. The Morgan fingerprint density at radius 2 is 1.93 bits per heavy atom. The minimum atomic E-state index is -1.47. The van der Waals surface area contributed by atoms with E-state index in [4.69, 9.17) is 4.74 Å². The summed E-state index contributed by atoms with van der Waals surface area (Å²) >= 11 is 1.47. The van der Waals surface area contributed by atoms with Gasteiger partial charge in [0, 0.05) is 18.3 Å². The maximum atomic E-state index is 13.1. The second-order valence-corrected chi connectivity index (χ2v) is 8.43. The number of hydrogen-bond donors (Lipinski definition) is 2. The lowest BCUT2D eigenvalue weighted by atomic mass is 9.67. The number of ether oxygens (including phenoxy) is 1. The predicted octanol–water partition coefficient (Wildman–Crippen LogP) is 1.10. The van der Waals surface area contributed by atoms with Crippen molar-refractivity contribution >= 4 is 34.9 Å². The monoisotopic (exact) mass is 413 g/mol. The third-order valence-electron chi connectivity index (χ3n) is 5.89. The third kappa shape index (κ3) is 2.59. The second kappa shape index (κ2) is 6.33. The lowest BCUT2D eigenvalue weighted by molar-refractivity contribution is -0.153. The number of hydrogen-bond acceptors (Lipinski definition) is 8. The number of barbiturate groups is 1. The minimum Gasteiger partial charge on any atom is -0.372 e. The number of rotatable bonds is 1. The molecule has 0 bridgehead atoms. The molecule has 2 fully saturated rings. The molecule has 1 spiro atoms. The zero-order valence-electron chi connectivity index (χ0n) is 15.8. The molecule has 29 heavy (non-hydrogen) atoms. The molecule has 10 heteroatoms. The van der Waals surface area contributed by atoms with Crippen molar-refractivity contribution in [1.82, 2.24) is 20.6 Å². The zero-order chi connectivity index (χ0) is 20.3. The molecule has 5 heterocycles. The van der Waals surface area contributed by atoms with Crippen LogP contribution in [-0.4, -0.2) is 52.6 Å². The fraction of sp³-hybridized carbons (Fsp3) is 0.421. The minimum absolute atomic E-state index is 0.0844. The molecule has 3 aliphatic heterocycles. The van der Waals surface area contributed by atoms with Crippen molar-refractivity contribution in [2.75, 3.05) is 11.4 Å². The number of nitrogens with one attached hydrogen (secondary N) is 2. The number of anilines is 1. The molecular formula is C19H19N5O4S. The maximum Gasteiger partial charge on any atom is 0.328 e. The SMILES string of the molecule is C[C@@H]1CN2c3cnc(-c4cscn4)cc3CC3(C(=O)NC(=O)NC3=O)[C@H]2[C@H](C)O1. The van der Waals surface area contributed by atoms with Crippen LogP contribution in [0.5, 0.6) is 0 Å². The molecule has 0 aromatic carbocycles. The topological polar surface area (TPSA) is 114 Å². The van der Waals surface area contributed by atoms with Gasteiger partial charge in [-0.1, -0.05) is 0 Å². The fourth-order valence-electron chi connectivity index (χ4n) is 4.81. The molecule has 3 atom stereocenters. The molecule has 2 aromatic heterocycles. The highest BCUT2D eigenvalue weighted by Gasteiger charge is 2.62. The maximum absolute atomic E-state index is 13.1. The molecule has 0 aliphatic carbocycles. The van der Waals surface area contributed by atoms with Gasteiger partial charge in [-0.3, -0.25) is 25.2 Å². The summed E-state index contributed by atoms with van der Waals surface area (Å²) in [5.41, 5.74) is 3.37. The Morgan fingerprint density at radius 1 is 1.17 bits per heavy atom. The standard InChI is InChI=1S/C19H19N5O4S/c1-9-6-24-14-5-20-12(13-7-29-8-21-13)3-11(14)4-19(15(24)10(2)28-9)16(25)22-18(27)23-17(19)26/h3,5,7-10,15H,4,6H2,1-2H3,(H2,22,23,25,26,27)/t9-,10+,15-/m1/s1. The number of imide groups is 2. The van der Waals surface area contributed by atoms with Gasteiger partial charge in [-0.2, -0.15) is 0 Å². The molecule has 9 nitrogen and oxygen atoms in total. The first kappa shape index (κ1) is 18.2. The first-order valence-corrected chi connectivity index (χ1v) is 10.3. The number of fused-ring (bicyclic) bond motifs is 4. The van der Waals surface area contributed by atoms with E-state index in [2.05, 4.69) is 20.6 Å². The van der Waals surface area contributed by atoms with Crippen LogP contribution in [0.4, 0.5) is 10.5 Å². The van der Waals surface area contributed by atoms with Crippen LogP contribution in [0.1, 0.15) is 19.4 Å². The summed E-state index contributed by atoms with van der Waals surface area (Å²) in [5, 5.41) is 6.48. The molecule has 0 radical (unpaired) electrons. The number of morpholine rings is 1. The Hall–Kier alpha value is -2.85. The predicted molar refractivity (Wildman–Crippen MR) is 104 cm³/mol. The quantitative estimate of drug-likeness (QED) is 0.673. The smallest absolute Gasteiger partial charge is 0.328 e. The van der Waals surface area contributed by atoms with E-state index in [1.54, 1.807) is 11.7 Å². The van der Waals surface area contributed by atoms with Crippen molar-refractivity contribution < 1.29 is 19.1 Å². The largest absolute Gasteiger partial charge is 0.372 e. The van der Waals surface area contributed by atoms with Gasteiger partial charge in [0.2, 0.25) is 11.8 Å². The number of urea groups is 1. The highest BCUT2D eigenvalue weighted by Crippen LogP contribution is 2.46. The van der Waals surface area contributed by atoms with Crippen LogP contribution in [-0.2, 0) is 20.7 Å². The summed E-state index contributed by atoms with van der Waals surface area (Å²) in [4.78, 5) is 48.8. The van der Waals surface area contributed by atoms with Gasteiger partial charge in [0.15, 0.2) is 5.41 Å². The summed E-state index contributed by atoms with van der Waals surface area (Å²) < 4.78 is 5.99. The first-order chi connectivity index (χ1) is 13.9. The Balaban J connectivity index is 1.69. The van der Waals surface area contributed by atoms with Crippen molar-refractivity contribution in [1.29, 1.82) is 0 Å². The normalized spacial score (nSPS) is 27.9. The molecule has 0 unspecified atom stereocenters. The number of carbonyl (C=O) groups is 3. The van der Waals surface area contributed by atoms with E-state index in [9.17, 15) is 14.4 Å². The van der Waals surface area contributed by atoms with Gasteiger partial charge in [0.25, 0.3) is 0 Å². The average Bonchev–Trinajstić information content (AvgIpc) is 3.20. The average molecular weight is 413 g/mol. The van der Waals surface area contributed by atoms with E-state index in [0.29, 0.717) is 12.2 Å². The van der Waals surface area contributed by atoms with Gasteiger partial charge < -0.3 is 9.64 Å². The number of amides is 4. The number of thiazole rings is 1.